The molecule has 6 rings (SSSR count). The third-order valence-electron chi connectivity index (χ3n) is 7.03. The van der Waals surface area contributed by atoms with Gasteiger partial charge in [-0.15, -0.1) is 22.7 Å². The normalized spacial score (nSPS) is 26.3. The lowest BCUT2D eigenvalue weighted by atomic mass is 9.84. The van der Waals surface area contributed by atoms with Crippen LogP contribution < -0.4 is 21.1 Å². The number of hydrogen-bond donors (Lipinski definition) is 3. The highest BCUT2D eigenvalue weighted by Gasteiger charge is 2.37. The molecule has 2 saturated heterocycles. The zero-order chi connectivity index (χ0) is 22.9. The molecule has 3 aliphatic rings. The Kier molecular flexibility index (Phi) is 5.08. The number of carbonyl (C=O) groups excluding carboxylic acids is 1. The molecule has 0 spiro atoms. The number of thiazole rings is 1. The van der Waals surface area contributed by atoms with Crippen molar-refractivity contribution in [2.24, 2.45) is 0 Å². The second-order valence-electron chi connectivity index (χ2n) is 9.27. The Hall–Kier alpha value is -2.30. The highest BCUT2D eigenvalue weighted by Crippen LogP contribution is 2.42. The lowest BCUT2D eigenvalue weighted by molar-refractivity contribution is 0.0919. The number of amides is 1. The average Bonchev–Trinajstić information content (AvgIpc) is 3.43. The van der Waals surface area contributed by atoms with Crippen LogP contribution >= 0.6 is 22.7 Å². The van der Waals surface area contributed by atoms with Crippen LogP contribution in [0.1, 0.15) is 57.4 Å². The lowest BCUT2D eigenvalue weighted by Crippen LogP contribution is -2.43. The van der Waals surface area contributed by atoms with Crippen molar-refractivity contribution in [1.82, 2.24) is 15.6 Å². The van der Waals surface area contributed by atoms with Crippen LogP contribution in [-0.2, 0) is 6.42 Å². The number of hydrogen-bond acceptors (Lipinski definition) is 7. The molecule has 5 heterocycles. The molecule has 3 aliphatic heterocycles. The van der Waals surface area contributed by atoms with Crippen LogP contribution in [0.4, 0.5) is 14.5 Å². The van der Waals surface area contributed by atoms with Crippen molar-refractivity contribution in [1.29, 1.82) is 0 Å². The molecule has 174 valence electrons. The molecule has 10 heteroatoms. The van der Waals surface area contributed by atoms with Gasteiger partial charge in [-0.3, -0.25) is 4.79 Å². The third-order valence-corrected chi connectivity index (χ3v) is 9.26. The molecule has 1 amide bonds. The van der Waals surface area contributed by atoms with E-state index in [4.69, 9.17) is 10.5 Å². The quantitative estimate of drug-likeness (QED) is 0.511. The van der Waals surface area contributed by atoms with Crippen molar-refractivity contribution in [3.63, 3.8) is 0 Å². The minimum atomic E-state index is -0.858. The number of nitrogens with zero attached hydrogens (tertiary/aromatic N) is 1. The number of ether oxygens (including phenoxy) is 1. The number of halogens is 2. The zero-order valence-electron chi connectivity index (χ0n) is 18.0. The number of fused-ring (bicyclic) bond motifs is 4. The minimum absolute atomic E-state index is 0.00232. The van der Waals surface area contributed by atoms with Gasteiger partial charge in [0.15, 0.2) is 11.6 Å². The molecule has 0 radical (unpaired) electrons. The summed E-state index contributed by atoms with van der Waals surface area (Å²) in [6, 6.07) is 1.97. The summed E-state index contributed by atoms with van der Waals surface area (Å²) in [4.78, 5) is 18.4. The van der Waals surface area contributed by atoms with Crippen molar-refractivity contribution < 1.29 is 18.3 Å². The van der Waals surface area contributed by atoms with E-state index in [9.17, 15) is 4.79 Å². The van der Waals surface area contributed by atoms with Crippen molar-refractivity contribution in [3.8, 4) is 5.75 Å². The number of rotatable bonds is 3. The van der Waals surface area contributed by atoms with Gasteiger partial charge in [-0.05, 0) is 50.2 Å². The van der Waals surface area contributed by atoms with E-state index < -0.39 is 17.7 Å². The summed E-state index contributed by atoms with van der Waals surface area (Å²) >= 11 is 2.69. The standard InChI is InChI=1S/C23H24F2N4O2S2/c1-9-27-23-21(32-9)19(26)20(33-23)22(30)29-13-6-15-16(31-8-13)7-14(17(24)18(15)25)10-4-11-2-3-12(5-10)28-11/h7,10-13,28H,2-6,8,26H2,1H3,(H,29,30)/t10?,11?,12?,13-/m1/s1. The summed E-state index contributed by atoms with van der Waals surface area (Å²) in [5, 5.41) is 7.30. The molecule has 2 aromatic heterocycles. The molecule has 6 nitrogen and oxygen atoms in total. The van der Waals surface area contributed by atoms with Crippen molar-refractivity contribution in [2.75, 3.05) is 12.3 Å². The number of anilines is 1. The SMILES string of the molecule is Cc1nc2sc(C(=O)N[C@H]3COc4cc(C5CC6CCC(C5)N6)c(F)c(F)c4C3)c(N)c2s1. The van der Waals surface area contributed by atoms with Crippen LogP contribution in [0, 0.1) is 18.6 Å². The van der Waals surface area contributed by atoms with Crippen LogP contribution in [0.5, 0.6) is 5.75 Å². The number of thiophene rings is 1. The van der Waals surface area contributed by atoms with E-state index in [-0.39, 0.29) is 30.4 Å². The number of aromatic nitrogens is 1. The second-order valence-corrected chi connectivity index (χ2v) is 11.5. The monoisotopic (exact) mass is 490 g/mol. The number of nitrogens with one attached hydrogen (secondary N) is 2. The zero-order valence-corrected chi connectivity index (χ0v) is 19.7. The fourth-order valence-corrected chi connectivity index (χ4v) is 7.59. The van der Waals surface area contributed by atoms with Crippen LogP contribution in [-0.4, -0.2) is 35.6 Å². The van der Waals surface area contributed by atoms with Crippen LogP contribution in [0.15, 0.2) is 6.07 Å². The molecule has 3 aromatic rings. The molecular weight excluding hydrogens is 466 g/mol. The maximum absolute atomic E-state index is 15.1. The van der Waals surface area contributed by atoms with Crippen LogP contribution in [0.2, 0.25) is 0 Å². The van der Waals surface area contributed by atoms with Gasteiger partial charge < -0.3 is 21.1 Å². The average molecular weight is 491 g/mol. The van der Waals surface area contributed by atoms with Gasteiger partial charge in [-0.1, -0.05) is 0 Å². The highest BCUT2D eigenvalue weighted by molar-refractivity contribution is 7.29. The summed E-state index contributed by atoms with van der Waals surface area (Å²) in [5.74, 6) is -1.60. The fourth-order valence-electron chi connectivity index (χ4n) is 5.50. The maximum Gasteiger partial charge on any atom is 0.263 e. The number of benzene rings is 1. The van der Waals surface area contributed by atoms with E-state index in [0.29, 0.717) is 34.0 Å². The van der Waals surface area contributed by atoms with E-state index in [2.05, 4.69) is 15.6 Å². The fraction of sp³-hybridized carbons (Fsp3) is 0.478. The predicted octanol–water partition coefficient (Wildman–Crippen LogP) is 4.26. The Bertz CT molecular complexity index is 1260. The van der Waals surface area contributed by atoms with Gasteiger partial charge in [0.1, 0.15) is 22.1 Å². The van der Waals surface area contributed by atoms with Gasteiger partial charge >= 0.3 is 0 Å². The van der Waals surface area contributed by atoms with Gasteiger partial charge in [0.25, 0.3) is 5.91 Å². The van der Waals surface area contributed by atoms with Crippen molar-refractivity contribution >= 4 is 43.8 Å². The van der Waals surface area contributed by atoms with Crippen LogP contribution in [0.3, 0.4) is 0 Å². The van der Waals surface area contributed by atoms with Crippen molar-refractivity contribution in [3.05, 3.63) is 38.7 Å². The van der Waals surface area contributed by atoms with E-state index in [1.54, 1.807) is 6.07 Å². The molecule has 2 fully saturated rings. The number of nitrogens with two attached hydrogens (primary N) is 1. The van der Waals surface area contributed by atoms with Gasteiger partial charge in [0.05, 0.1) is 21.4 Å². The van der Waals surface area contributed by atoms with Gasteiger partial charge in [0, 0.05) is 24.1 Å². The third kappa shape index (κ3) is 3.59. The summed E-state index contributed by atoms with van der Waals surface area (Å²) in [6.07, 6.45) is 3.99. The summed E-state index contributed by atoms with van der Waals surface area (Å²) in [5.41, 5.74) is 7.18. The molecule has 4 N–H and O–H groups in total. The lowest BCUT2D eigenvalue weighted by Gasteiger charge is -2.32. The number of piperidine rings is 1. The second kappa shape index (κ2) is 7.89. The Balaban J connectivity index is 1.21. The first kappa shape index (κ1) is 21.2. The number of nitrogen functional groups attached to an aromatic ring is 1. The molecular formula is C23H24F2N4O2S2. The molecule has 33 heavy (non-hydrogen) atoms. The summed E-state index contributed by atoms with van der Waals surface area (Å²) in [7, 11) is 0. The number of aryl methyl sites for hydroxylation is 1. The van der Waals surface area contributed by atoms with Gasteiger partial charge in [-0.25, -0.2) is 13.8 Å². The highest BCUT2D eigenvalue weighted by atomic mass is 32.1. The Morgan fingerprint density at radius 2 is 2.00 bits per heavy atom. The molecule has 0 aliphatic carbocycles. The largest absolute Gasteiger partial charge is 0.491 e. The first-order chi connectivity index (χ1) is 15.9. The van der Waals surface area contributed by atoms with E-state index in [1.165, 1.54) is 22.7 Å². The minimum Gasteiger partial charge on any atom is -0.491 e. The topological polar surface area (TPSA) is 89.3 Å². The van der Waals surface area contributed by atoms with Gasteiger partial charge in [-0.2, -0.15) is 0 Å². The Labute approximate surface area is 197 Å². The Morgan fingerprint density at radius 3 is 2.73 bits per heavy atom. The maximum atomic E-state index is 15.1. The summed E-state index contributed by atoms with van der Waals surface area (Å²) < 4.78 is 36.9. The number of carbonyl (C=O) groups is 1. The van der Waals surface area contributed by atoms with E-state index >= 15 is 8.78 Å². The molecule has 2 bridgehead atoms. The van der Waals surface area contributed by atoms with Crippen molar-refractivity contribution in [2.45, 2.75) is 63.1 Å². The molecule has 1 aromatic carbocycles. The summed E-state index contributed by atoms with van der Waals surface area (Å²) in [6.45, 7) is 2.08. The Morgan fingerprint density at radius 1 is 1.24 bits per heavy atom. The molecule has 3 atom stereocenters. The first-order valence-corrected chi connectivity index (χ1v) is 12.9. The van der Waals surface area contributed by atoms with E-state index in [0.717, 1.165) is 40.2 Å². The molecule has 2 unspecified atom stereocenters. The van der Waals surface area contributed by atoms with Gasteiger partial charge in [0.2, 0.25) is 0 Å². The van der Waals surface area contributed by atoms with Crippen LogP contribution in [0.25, 0.3) is 9.53 Å². The predicted molar refractivity (Wildman–Crippen MR) is 125 cm³/mol. The first-order valence-electron chi connectivity index (χ1n) is 11.2. The smallest absolute Gasteiger partial charge is 0.263 e. The van der Waals surface area contributed by atoms with E-state index in [1.807, 2.05) is 6.92 Å². The molecule has 0 saturated carbocycles.